The lowest BCUT2D eigenvalue weighted by molar-refractivity contribution is 1.24. The first kappa shape index (κ1) is 58.1. The van der Waals surface area contributed by atoms with Crippen molar-refractivity contribution < 1.29 is 0 Å². The number of fused-ring (bicyclic) bond motifs is 8. The maximum atomic E-state index is 2.71. The van der Waals surface area contributed by atoms with Crippen LogP contribution in [0.2, 0.25) is 0 Å². The fraction of sp³-hybridized carbons (Fsp3) is 0.0638. The fourth-order valence-electron chi connectivity index (χ4n) is 18.3. The predicted octanol–water partition coefficient (Wildman–Crippen LogP) is 21.3. The smallest absolute Gasteiger partial charge is 0.248 e. The Hall–Kier alpha value is -12.1. The molecule has 0 N–H and O–H groups in total. The van der Waals surface area contributed by atoms with Crippen LogP contribution in [0.1, 0.15) is 33.4 Å². The molecule has 4 nitrogen and oxygen atoms in total. The summed E-state index contributed by atoms with van der Waals surface area (Å²) in [4.78, 5) is 10.1. The largest absolute Gasteiger partial charge is 0.311 e. The summed E-state index contributed by atoms with van der Waals surface area (Å²) >= 11 is 0. The van der Waals surface area contributed by atoms with Crippen molar-refractivity contribution in [1.82, 2.24) is 0 Å². The predicted molar refractivity (Wildman–Crippen MR) is 428 cm³/mol. The highest BCUT2D eigenvalue weighted by molar-refractivity contribution is 7.02. The SMILES string of the molecule is Cc1ccc2c(c1)N(c1ccccc1)c1cc(C)cc3c1B2c1cc2c(-c4c(C)cccc4C)cc4c5c(cc6c(-c7c(C)cccc7C)cc-3c1c6c25)B1c2ccc(N(c3ccccc3)c3ccccc3)cc2N(c2ccccc2)c2cc(N(c3ccccc3)c3ccccc3)cc-4c21. The van der Waals surface area contributed by atoms with Crippen LogP contribution in [-0.4, -0.2) is 13.4 Å². The van der Waals surface area contributed by atoms with Crippen molar-refractivity contribution in [3.05, 3.63) is 337 Å². The van der Waals surface area contributed by atoms with E-state index in [0.717, 1.165) is 56.9 Å². The van der Waals surface area contributed by atoms with Gasteiger partial charge in [0, 0.05) is 68.2 Å². The number of para-hydroxylation sites is 6. The molecule has 470 valence electrons. The zero-order valence-electron chi connectivity index (χ0n) is 56.8. The molecule has 0 spiro atoms. The van der Waals surface area contributed by atoms with Crippen molar-refractivity contribution in [3.8, 4) is 44.5 Å². The Morgan fingerprint density at radius 1 is 0.240 bits per heavy atom. The number of benzene rings is 16. The van der Waals surface area contributed by atoms with Gasteiger partial charge in [-0.3, -0.25) is 0 Å². The molecule has 16 aromatic carbocycles. The number of nitrogens with zero attached hydrogens (tertiary/aromatic N) is 4. The standard InChI is InChI=1S/C94H68B2N4/c1-57-43-45-79-83(48-57)99(67-39-21-11-22-40-67)85-49-58(2)47-77-73-53-71(87-59(3)27-25-28-60(87)4)75-56-82-90-74(54-72(88-61(5)29-26-30-62(88)6)76-55-81(95(79)93(77)85)89(73)91(75)92(76)90)78-50-70(98(65-35-17-9-18-36-65)66-37-19-10-20-38-66)52-86-94(78)96(82)80-46-44-69(51-84(80)100(86)68-41-23-12-24-42-68)97(63-31-13-7-14-32-63)64-33-15-8-16-34-64/h7-56H,1-6H3. The van der Waals surface area contributed by atoms with Crippen molar-refractivity contribution in [2.75, 3.05) is 19.6 Å². The molecule has 0 radical (unpaired) electrons. The molecule has 6 heteroatoms. The molecule has 4 heterocycles. The lowest BCUT2D eigenvalue weighted by Crippen LogP contribution is -2.60. The summed E-state index contributed by atoms with van der Waals surface area (Å²) in [6.45, 7) is 13.6. The van der Waals surface area contributed by atoms with Crippen molar-refractivity contribution in [2.45, 2.75) is 41.5 Å². The van der Waals surface area contributed by atoms with Gasteiger partial charge in [-0.25, -0.2) is 0 Å². The van der Waals surface area contributed by atoms with Crippen LogP contribution in [0.3, 0.4) is 0 Å². The van der Waals surface area contributed by atoms with Crippen molar-refractivity contribution in [3.63, 3.8) is 0 Å². The molecular weight excluding hydrogens is 1210 g/mol. The number of rotatable bonds is 10. The van der Waals surface area contributed by atoms with Gasteiger partial charge >= 0.3 is 0 Å². The van der Waals surface area contributed by atoms with E-state index in [2.05, 4.69) is 364 Å². The van der Waals surface area contributed by atoms with E-state index in [1.807, 2.05) is 0 Å². The third-order valence-corrected chi connectivity index (χ3v) is 22.3. The molecule has 0 fully saturated rings. The summed E-state index contributed by atoms with van der Waals surface area (Å²) < 4.78 is 0. The van der Waals surface area contributed by atoms with E-state index < -0.39 is 0 Å². The minimum Gasteiger partial charge on any atom is -0.311 e. The van der Waals surface area contributed by atoms with E-state index in [0.29, 0.717) is 0 Å². The molecule has 0 aliphatic carbocycles. The average molecular weight is 1280 g/mol. The van der Waals surface area contributed by atoms with Gasteiger partial charge in [-0.15, -0.1) is 0 Å². The first-order valence-electron chi connectivity index (χ1n) is 35.2. The number of aryl methyl sites for hydroxylation is 6. The van der Waals surface area contributed by atoms with Gasteiger partial charge in [0.25, 0.3) is 0 Å². The number of anilines is 12. The molecular formula is C94H68B2N4. The molecule has 20 rings (SSSR count). The molecule has 4 aliphatic rings. The van der Waals surface area contributed by atoms with Gasteiger partial charge in [-0.2, -0.15) is 0 Å². The fourth-order valence-corrected chi connectivity index (χ4v) is 18.3. The molecule has 100 heavy (non-hydrogen) atoms. The zero-order valence-corrected chi connectivity index (χ0v) is 56.8. The van der Waals surface area contributed by atoms with E-state index in [4.69, 9.17) is 0 Å². The highest BCUT2D eigenvalue weighted by atomic mass is 15.2. The lowest BCUT2D eigenvalue weighted by atomic mass is 9.31. The Morgan fingerprint density at radius 3 is 1.06 bits per heavy atom. The van der Waals surface area contributed by atoms with Gasteiger partial charge in [0.15, 0.2) is 0 Å². The second kappa shape index (κ2) is 22.2. The number of hydrogen-bond acceptors (Lipinski definition) is 4. The van der Waals surface area contributed by atoms with Crippen molar-refractivity contribution >= 4 is 147 Å². The molecule has 0 aromatic heterocycles. The highest BCUT2D eigenvalue weighted by Crippen LogP contribution is 2.55. The van der Waals surface area contributed by atoms with E-state index in [1.165, 1.54) is 154 Å². The van der Waals surface area contributed by atoms with Crippen LogP contribution in [0.15, 0.2) is 303 Å². The van der Waals surface area contributed by atoms with Crippen LogP contribution in [0.5, 0.6) is 0 Å². The average Bonchev–Trinajstić information content (AvgIpc) is 0.663. The van der Waals surface area contributed by atoms with Crippen LogP contribution in [0.4, 0.5) is 68.2 Å². The molecule has 0 bridgehead atoms. The second-order valence-electron chi connectivity index (χ2n) is 28.2. The van der Waals surface area contributed by atoms with E-state index in [1.54, 1.807) is 0 Å². The third-order valence-electron chi connectivity index (χ3n) is 22.3. The molecule has 0 amide bonds. The van der Waals surface area contributed by atoms with Crippen LogP contribution >= 0.6 is 0 Å². The lowest BCUT2D eigenvalue weighted by Gasteiger charge is -2.43. The normalized spacial score (nSPS) is 12.8. The third kappa shape index (κ3) is 8.50. The summed E-state index contributed by atoms with van der Waals surface area (Å²) in [5.41, 5.74) is 39.3. The topological polar surface area (TPSA) is 13.0 Å². The van der Waals surface area contributed by atoms with Crippen LogP contribution in [0.25, 0.3) is 76.8 Å². The summed E-state index contributed by atoms with van der Waals surface area (Å²) in [5, 5.41) is 7.94. The van der Waals surface area contributed by atoms with E-state index in [9.17, 15) is 0 Å². The quantitative estimate of drug-likeness (QED) is 0.0999. The van der Waals surface area contributed by atoms with Crippen LogP contribution in [-0.2, 0) is 0 Å². The summed E-state index contributed by atoms with van der Waals surface area (Å²) in [6.07, 6.45) is 0. The van der Waals surface area contributed by atoms with Crippen LogP contribution in [0, 0.1) is 41.5 Å². The summed E-state index contributed by atoms with van der Waals surface area (Å²) in [7, 11) is 0. The molecule has 0 unspecified atom stereocenters. The summed E-state index contributed by atoms with van der Waals surface area (Å²) in [5.74, 6) is 0. The number of hydrogen-bond donors (Lipinski definition) is 0. The Bertz CT molecular complexity index is 5940. The van der Waals surface area contributed by atoms with Gasteiger partial charge in [0.05, 0.1) is 0 Å². The molecule has 0 atom stereocenters. The van der Waals surface area contributed by atoms with E-state index >= 15 is 0 Å². The van der Waals surface area contributed by atoms with Gasteiger partial charge in [0.1, 0.15) is 0 Å². The Kier molecular flexibility index (Phi) is 12.9. The summed E-state index contributed by atoms with van der Waals surface area (Å²) in [6, 6.07) is 115. The van der Waals surface area contributed by atoms with Crippen LogP contribution < -0.4 is 52.4 Å². The molecule has 16 aromatic rings. The van der Waals surface area contributed by atoms with Crippen molar-refractivity contribution in [2.24, 2.45) is 0 Å². The minimum absolute atomic E-state index is 0.0632. The highest BCUT2D eigenvalue weighted by Gasteiger charge is 2.47. The first-order chi connectivity index (χ1) is 49.1. The molecule has 0 saturated heterocycles. The monoisotopic (exact) mass is 1270 g/mol. The zero-order chi connectivity index (χ0) is 66.8. The van der Waals surface area contributed by atoms with Gasteiger partial charge in [0.2, 0.25) is 13.4 Å². The second-order valence-corrected chi connectivity index (χ2v) is 28.2. The van der Waals surface area contributed by atoms with Gasteiger partial charge in [-0.1, -0.05) is 193 Å². The Balaban J connectivity index is 0.991. The van der Waals surface area contributed by atoms with E-state index in [-0.39, 0.29) is 13.4 Å². The maximum Gasteiger partial charge on any atom is 0.248 e. The Labute approximate surface area is 585 Å². The van der Waals surface area contributed by atoms with Gasteiger partial charge < -0.3 is 19.6 Å². The molecule has 0 saturated carbocycles. The molecule has 4 aliphatic heterocycles. The van der Waals surface area contributed by atoms with Gasteiger partial charge in [-0.05, 0) is 295 Å². The van der Waals surface area contributed by atoms with Crippen molar-refractivity contribution in [1.29, 1.82) is 0 Å². The maximum absolute atomic E-state index is 2.71. The Morgan fingerprint density at radius 2 is 0.610 bits per heavy atom. The minimum atomic E-state index is -0.196. The first-order valence-corrected chi connectivity index (χ1v) is 35.2.